The summed E-state index contributed by atoms with van der Waals surface area (Å²) in [6.07, 6.45) is 3.54. The minimum atomic E-state index is -0.389. The molecule has 2 aliphatic heterocycles. The molecule has 6 heteroatoms. The third-order valence-corrected chi connectivity index (χ3v) is 4.61. The van der Waals surface area contributed by atoms with Crippen LogP contribution in [0.25, 0.3) is 0 Å². The zero-order valence-corrected chi connectivity index (χ0v) is 14.0. The first-order valence-corrected chi connectivity index (χ1v) is 8.12. The molecule has 2 aliphatic rings. The van der Waals surface area contributed by atoms with Crippen LogP contribution < -0.4 is 0 Å². The summed E-state index contributed by atoms with van der Waals surface area (Å²) in [7, 11) is 1.79. The normalized spacial score (nSPS) is 28.1. The lowest BCUT2D eigenvalue weighted by Crippen LogP contribution is -2.59. The Morgan fingerprint density at radius 3 is 2.78 bits per heavy atom. The van der Waals surface area contributed by atoms with E-state index in [-0.39, 0.29) is 23.4 Å². The van der Waals surface area contributed by atoms with Gasteiger partial charge < -0.3 is 18.9 Å². The molecule has 126 valence electrons. The molecule has 0 bridgehead atoms. The van der Waals surface area contributed by atoms with E-state index in [2.05, 4.69) is 0 Å². The van der Waals surface area contributed by atoms with Gasteiger partial charge in [0.05, 0.1) is 19.3 Å². The van der Waals surface area contributed by atoms with Gasteiger partial charge in [-0.25, -0.2) is 0 Å². The van der Waals surface area contributed by atoms with Crippen molar-refractivity contribution in [2.75, 3.05) is 26.3 Å². The molecule has 0 radical (unpaired) electrons. The Labute approximate surface area is 136 Å². The minimum Gasteiger partial charge on any atom is -0.378 e. The molecule has 6 nitrogen and oxygen atoms in total. The number of carbonyl (C=O) groups is 2. The van der Waals surface area contributed by atoms with Crippen LogP contribution in [0.2, 0.25) is 0 Å². The van der Waals surface area contributed by atoms with Crippen molar-refractivity contribution in [2.24, 2.45) is 7.05 Å². The van der Waals surface area contributed by atoms with Gasteiger partial charge in [0.2, 0.25) is 0 Å². The van der Waals surface area contributed by atoms with Gasteiger partial charge in [-0.1, -0.05) is 0 Å². The quantitative estimate of drug-likeness (QED) is 0.777. The molecule has 1 amide bonds. The van der Waals surface area contributed by atoms with Crippen molar-refractivity contribution in [1.29, 1.82) is 0 Å². The summed E-state index contributed by atoms with van der Waals surface area (Å²) in [6.45, 7) is 5.88. The Bertz CT molecular complexity index is 616. The second kappa shape index (κ2) is 6.09. The van der Waals surface area contributed by atoms with Gasteiger partial charge in [0.25, 0.3) is 5.91 Å². The fourth-order valence-corrected chi connectivity index (χ4v) is 3.55. The van der Waals surface area contributed by atoms with E-state index in [4.69, 9.17) is 9.47 Å². The van der Waals surface area contributed by atoms with E-state index < -0.39 is 0 Å². The number of Topliss-reactive ketones (excluding diaryl/α,β-unsaturated/α-hetero) is 1. The van der Waals surface area contributed by atoms with Crippen molar-refractivity contribution in [3.05, 3.63) is 23.5 Å². The largest absolute Gasteiger partial charge is 0.378 e. The molecular weight excluding hydrogens is 296 g/mol. The monoisotopic (exact) mass is 320 g/mol. The number of ether oxygens (including phenoxy) is 2. The third-order valence-electron chi connectivity index (χ3n) is 4.61. The van der Waals surface area contributed by atoms with Crippen molar-refractivity contribution < 1.29 is 19.1 Å². The molecule has 23 heavy (non-hydrogen) atoms. The van der Waals surface area contributed by atoms with Crippen LogP contribution in [0, 0.1) is 0 Å². The van der Waals surface area contributed by atoms with Crippen LogP contribution in [0.1, 0.15) is 47.5 Å². The van der Waals surface area contributed by atoms with E-state index in [1.54, 1.807) is 23.9 Å². The van der Waals surface area contributed by atoms with Gasteiger partial charge >= 0.3 is 0 Å². The molecule has 1 aromatic rings. The van der Waals surface area contributed by atoms with Gasteiger partial charge in [0.1, 0.15) is 11.3 Å². The number of aromatic nitrogens is 1. The maximum Gasteiger partial charge on any atom is 0.270 e. The van der Waals surface area contributed by atoms with Gasteiger partial charge in [0.15, 0.2) is 5.78 Å². The second-order valence-corrected chi connectivity index (χ2v) is 6.73. The van der Waals surface area contributed by atoms with Gasteiger partial charge in [-0.05, 0) is 32.8 Å². The summed E-state index contributed by atoms with van der Waals surface area (Å²) < 4.78 is 13.4. The van der Waals surface area contributed by atoms with Gasteiger partial charge in [-0.3, -0.25) is 9.59 Å². The molecule has 0 aromatic carbocycles. The first-order chi connectivity index (χ1) is 10.9. The molecule has 0 N–H and O–H groups in total. The highest BCUT2D eigenvalue weighted by molar-refractivity contribution is 5.99. The average Bonchev–Trinajstić information content (AvgIpc) is 2.88. The van der Waals surface area contributed by atoms with Gasteiger partial charge in [0, 0.05) is 32.0 Å². The fraction of sp³-hybridized carbons (Fsp3) is 0.647. The number of morpholine rings is 1. The number of aryl methyl sites for hydroxylation is 1. The van der Waals surface area contributed by atoms with Crippen LogP contribution in [-0.4, -0.2) is 59.2 Å². The molecular formula is C17H24N2O4. The van der Waals surface area contributed by atoms with Crippen LogP contribution in [-0.2, 0) is 16.5 Å². The predicted molar refractivity (Wildman–Crippen MR) is 84.7 cm³/mol. The van der Waals surface area contributed by atoms with E-state index in [0.29, 0.717) is 31.0 Å². The Morgan fingerprint density at radius 1 is 1.39 bits per heavy atom. The average molecular weight is 320 g/mol. The summed E-state index contributed by atoms with van der Waals surface area (Å²) in [4.78, 5) is 26.3. The van der Waals surface area contributed by atoms with Crippen molar-refractivity contribution in [3.8, 4) is 0 Å². The molecule has 2 atom stereocenters. The Balaban J connectivity index is 1.82. The lowest BCUT2D eigenvalue weighted by atomic mass is 9.93. The molecule has 2 unspecified atom stereocenters. The summed E-state index contributed by atoms with van der Waals surface area (Å²) in [5.41, 5.74) is 0.712. The van der Waals surface area contributed by atoms with Crippen molar-refractivity contribution in [2.45, 2.75) is 38.4 Å². The highest BCUT2D eigenvalue weighted by Crippen LogP contribution is 2.30. The van der Waals surface area contributed by atoms with E-state index in [0.717, 1.165) is 19.4 Å². The van der Waals surface area contributed by atoms with Crippen molar-refractivity contribution in [3.63, 3.8) is 0 Å². The summed E-state index contributed by atoms with van der Waals surface area (Å²) in [6, 6.07) is 1.68. The molecule has 3 heterocycles. The standard InChI is InChI=1S/C17H24N2O4/c1-12-8-19(10-17(23-12)5-4-6-22-11-17)16(21)15-7-14(13(2)20)9-18(15)3/h7,9,12H,4-6,8,10-11H2,1-3H3. The Morgan fingerprint density at radius 2 is 2.17 bits per heavy atom. The van der Waals surface area contributed by atoms with Crippen LogP contribution in [0.15, 0.2) is 12.3 Å². The van der Waals surface area contributed by atoms with E-state index in [9.17, 15) is 9.59 Å². The minimum absolute atomic E-state index is 0.0260. The summed E-state index contributed by atoms with van der Waals surface area (Å²) in [5, 5.41) is 0. The predicted octanol–water partition coefficient (Wildman–Crippen LogP) is 1.64. The Hall–Kier alpha value is -1.66. The first kappa shape index (κ1) is 16.2. The van der Waals surface area contributed by atoms with Crippen molar-refractivity contribution in [1.82, 2.24) is 9.47 Å². The molecule has 2 fully saturated rings. The molecule has 0 aliphatic carbocycles. The smallest absolute Gasteiger partial charge is 0.270 e. The number of hydrogen-bond donors (Lipinski definition) is 0. The van der Waals surface area contributed by atoms with Crippen LogP contribution >= 0.6 is 0 Å². The van der Waals surface area contributed by atoms with Crippen LogP contribution in [0.5, 0.6) is 0 Å². The summed E-state index contributed by atoms with van der Waals surface area (Å²) >= 11 is 0. The highest BCUT2D eigenvalue weighted by atomic mass is 16.6. The second-order valence-electron chi connectivity index (χ2n) is 6.73. The number of amides is 1. The summed E-state index contributed by atoms with van der Waals surface area (Å²) in [5.74, 6) is -0.0905. The molecule has 2 saturated heterocycles. The first-order valence-electron chi connectivity index (χ1n) is 8.12. The third kappa shape index (κ3) is 3.19. The maximum absolute atomic E-state index is 12.9. The molecule has 1 aromatic heterocycles. The molecule has 3 rings (SSSR count). The van der Waals surface area contributed by atoms with E-state index >= 15 is 0 Å². The zero-order chi connectivity index (χ0) is 16.6. The number of hydrogen-bond acceptors (Lipinski definition) is 4. The fourth-order valence-electron chi connectivity index (χ4n) is 3.55. The van der Waals surface area contributed by atoms with Gasteiger partial charge in [-0.2, -0.15) is 0 Å². The van der Waals surface area contributed by atoms with Gasteiger partial charge in [-0.15, -0.1) is 0 Å². The Kier molecular flexibility index (Phi) is 4.29. The van der Waals surface area contributed by atoms with Crippen LogP contribution in [0.4, 0.5) is 0 Å². The number of carbonyl (C=O) groups excluding carboxylic acids is 2. The molecule has 1 spiro atoms. The highest BCUT2D eigenvalue weighted by Gasteiger charge is 2.43. The zero-order valence-electron chi connectivity index (χ0n) is 14.0. The maximum atomic E-state index is 12.9. The topological polar surface area (TPSA) is 60.8 Å². The van der Waals surface area contributed by atoms with E-state index in [1.165, 1.54) is 6.92 Å². The molecule has 0 saturated carbocycles. The lowest BCUT2D eigenvalue weighted by molar-refractivity contribution is -0.188. The van der Waals surface area contributed by atoms with Crippen LogP contribution in [0.3, 0.4) is 0 Å². The lowest BCUT2D eigenvalue weighted by Gasteiger charge is -2.47. The number of nitrogens with zero attached hydrogens (tertiary/aromatic N) is 2. The van der Waals surface area contributed by atoms with Crippen molar-refractivity contribution >= 4 is 11.7 Å². The van der Waals surface area contributed by atoms with E-state index in [1.807, 2.05) is 11.8 Å². The number of rotatable bonds is 2. The number of ketones is 1. The SMILES string of the molecule is CC(=O)c1cc(C(=O)N2CC(C)OC3(CCCOC3)C2)n(C)c1.